The topological polar surface area (TPSA) is 33.5 Å². The monoisotopic (exact) mass is 1000 g/mol. The van der Waals surface area contributed by atoms with Gasteiger partial charge in [-0.1, -0.05) is 195 Å². The predicted octanol–water partition coefficient (Wildman–Crippen LogP) is 19.4. The quantitative estimate of drug-likeness (QED) is 0.129. The molecule has 0 spiro atoms. The van der Waals surface area contributed by atoms with Crippen LogP contribution in [0.25, 0.3) is 44.4 Å². The van der Waals surface area contributed by atoms with Crippen LogP contribution < -0.4 is 14.5 Å². The highest BCUT2D eigenvalue weighted by Gasteiger charge is 2.33. The number of hydrogen-bond donors (Lipinski definition) is 0. The lowest BCUT2D eigenvalue weighted by molar-refractivity contribution is 0.480. The van der Waals surface area contributed by atoms with Crippen molar-refractivity contribution in [3.8, 4) is 28.4 Å². The third-order valence-electron chi connectivity index (χ3n) is 15.8. The summed E-state index contributed by atoms with van der Waals surface area (Å²) in [5.74, 6) is 3.04. The molecule has 388 valence electrons. The van der Waals surface area contributed by atoms with Gasteiger partial charge in [0.2, 0.25) is 0 Å². The van der Waals surface area contributed by atoms with Gasteiger partial charge in [0.1, 0.15) is 17.3 Å². The highest BCUT2D eigenvalue weighted by molar-refractivity contribution is 6.10. The highest BCUT2D eigenvalue weighted by Crippen LogP contribution is 2.46. The lowest BCUT2D eigenvalue weighted by Crippen LogP contribution is -2.28. The lowest BCUT2D eigenvalue weighted by Gasteiger charge is -2.31. The third-order valence-corrected chi connectivity index (χ3v) is 15.8. The van der Waals surface area contributed by atoms with Gasteiger partial charge in [0.25, 0.3) is 0 Å². The van der Waals surface area contributed by atoms with Crippen LogP contribution in [0.5, 0.6) is 11.5 Å². The molecule has 0 amide bonds. The van der Waals surface area contributed by atoms with Gasteiger partial charge in [0.05, 0.1) is 23.4 Å². The van der Waals surface area contributed by atoms with E-state index in [1.165, 1.54) is 72.1 Å². The largest absolute Gasteiger partial charge is 0.457 e. The van der Waals surface area contributed by atoms with Crippen molar-refractivity contribution in [2.75, 3.05) is 16.5 Å². The standard InChI is InChI=1S/C71H78N4O/c1-46(2)59-27-22-28-60(47(3)4)67(59)65-44-73(55-36-49(48-23-18-16-19-24-48)35-53(37-55)70(11,12)13)45-74(65)56-38-54(71(14,15)50-25-20-17-21-26-50)39-58(42-56)76-57-30-31-61-62-40-51(68(5,6)7)29-32-63(62)75(64(61)43-57)66-41-52(33-34-72-66)69(8,9)10/h16-44,46-47H,45H2,1-15H3. The van der Waals surface area contributed by atoms with Crippen LogP contribution in [-0.4, -0.2) is 16.2 Å². The van der Waals surface area contributed by atoms with Gasteiger partial charge in [-0.15, -0.1) is 0 Å². The molecule has 0 atom stereocenters. The first-order valence-corrected chi connectivity index (χ1v) is 27.5. The molecule has 5 heteroatoms. The molecule has 9 aromatic rings. The Balaban J connectivity index is 1.18. The molecule has 0 aliphatic carbocycles. The van der Waals surface area contributed by atoms with E-state index in [1.54, 1.807) is 0 Å². The number of benzene rings is 7. The second-order valence-corrected chi connectivity index (χ2v) is 25.5. The molecule has 76 heavy (non-hydrogen) atoms. The number of nitrogens with zero attached hydrogens (tertiary/aromatic N) is 4. The summed E-state index contributed by atoms with van der Waals surface area (Å²) in [4.78, 5) is 10.0. The van der Waals surface area contributed by atoms with E-state index in [4.69, 9.17) is 9.72 Å². The van der Waals surface area contributed by atoms with Crippen molar-refractivity contribution in [2.45, 2.75) is 137 Å². The average molecular weight is 1000 g/mol. The zero-order valence-electron chi connectivity index (χ0n) is 47.8. The molecule has 0 saturated heterocycles. The molecule has 0 bridgehead atoms. The van der Waals surface area contributed by atoms with E-state index in [0.29, 0.717) is 18.5 Å². The Morgan fingerprint density at radius 2 is 1.09 bits per heavy atom. The van der Waals surface area contributed by atoms with Gasteiger partial charge in [0, 0.05) is 57.7 Å². The van der Waals surface area contributed by atoms with E-state index in [1.807, 2.05) is 6.20 Å². The van der Waals surface area contributed by atoms with Crippen molar-refractivity contribution >= 4 is 38.9 Å². The fourth-order valence-electron chi connectivity index (χ4n) is 11.0. The molecule has 0 N–H and O–H groups in total. The Kier molecular flexibility index (Phi) is 13.5. The summed E-state index contributed by atoms with van der Waals surface area (Å²) in [5.41, 5.74) is 17.8. The predicted molar refractivity (Wildman–Crippen MR) is 324 cm³/mol. The third kappa shape index (κ3) is 10.1. The van der Waals surface area contributed by atoms with Gasteiger partial charge in [-0.2, -0.15) is 0 Å². The molecular formula is C71H78N4O. The van der Waals surface area contributed by atoms with Crippen LogP contribution >= 0.6 is 0 Å². The maximum Gasteiger partial charge on any atom is 0.137 e. The maximum atomic E-state index is 7.30. The van der Waals surface area contributed by atoms with E-state index in [-0.39, 0.29) is 21.7 Å². The summed E-state index contributed by atoms with van der Waals surface area (Å²) < 4.78 is 9.63. The summed E-state index contributed by atoms with van der Waals surface area (Å²) in [6, 6.07) is 60.6. The number of anilines is 2. The van der Waals surface area contributed by atoms with Crippen molar-refractivity contribution in [2.24, 2.45) is 0 Å². The molecule has 7 aromatic carbocycles. The first kappa shape index (κ1) is 52.1. The van der Waals surface area contributed by atoms with Crippen molar-refractivity contribution in [3.63, 3.8) is 0 Å². The number of rotatable bonds is 11. The molecule has 1 aliphatic rings. The summed E-state index contributed by atoms with van der Waals surface area (Å²) in [6.45, 7) is 35.2. The summed E-state index contributed by atoms with van der Waals surface area (Å²) in [5, 5.41) is 2.37. The summed E-state index contributed by atoms with van der Waals surface area (Å²) >= 11 is 0. The number of fused-ring (bicyclic) bond motifs is 3. The van der Waals surface area contributed by atoms with Gasteiger partial charge in [-0.3, -0.25) is 4.57 Å². The highest BCUT2D eigenvalue weighted by atomic mass is 16.5. The second kappa shape index (κ2) is 19.6. The molecule has 0 radical (unpaired) electrons. The first-order chi connectivity index (χ1) is 35.9. The van der Waals surface area contributed by atoms with Crippen LogP contribution in [0.2, 0.25) is 0 Å². The van der Waals surface area contributed by atoms with Gasteiger partial charge in [-0.05, 0) is 139 Å². The lowest BCUT2D eigenvalue weighted by atomic mass is 9.78. The van der Waals surface area contributed by atoms with E-state index in [2.05, 4.69) is 288 Å². The molecule has 3 heterocycles. The van der Waals surface area contributed by atoms with Crippen LogP contribution in [0.15, 0.2) is 176 Å². The molecule has 0 fully saturated rings. The van der Waals surface area contributed by atoms with E-state index in [9.17, 15) is 0 Å². The zero-order chi connectivity index (χ0) is 54.1. The number of pyridine rings is 1. The van der Waals surface area contributed by atoms with Gasteiger partial charge in [-0.25, -0.2) is 4.98 Å². The van der Waals surface area contributed by atoms with Gasteiger partial charge >= 0.3 is 0 Å². The summed E-state index contributed by atoms with van der Waals surface area (Å²) in [7, 11) is 0. The minimum atomic E-state index is -0.367. The molecular weight excluding hydrogens is 925 g/mol. The number of aromatic nitrogens is 2. The Hall–Kier alpha value is -7.37. The smallest absolute Gasteiger partial charge is 0.137 e. The molecule has 5 nitrogen and oxygen atoms in total. The Bertz CT molecular complexity index is 3600. The molecule has 0 saturated carbocycles. The minimum absolute atomic E-state index is 0.0114. The Morgan fingerprint density at radius 3 is 1.74 bits per heavy atom. The van der Waals surface area contributed by atoms with Crippen LogP contribution in [0.1, 0.15) is 160 Å². The normalized spacial score (nSPS) is 13.7. The average Bonchev–Trinajstić information content (AvgIpc) is 4.01. The van der Waals surface area contributed by atoms with E-state index < -0.39 is 0 Å². The second-order valence-electron chi connectivity index (χ2n) is 25.5. The molecule has 2 aromatic heterocycles. The van der Waals surface area contributed by atoms with Crippen LogP contribution in [0, 0.1) is 0 Å². The maximum absolute atomic E-state index is 7.30. The molecule has 1 aliphatic heterocycles. The van der Waals surface area contributed by atoms with Crippen molar-refractivity contribution in [1.29, 1.82) is 0 Å². The van der Waals surface area contributed by atoms with Gasteiger partial charge in [0.15, 0.2) is 0 Å². The SMILES string of the molecule is CC(C)c1cccc(C(C)C)c1C1=CN(c2cc(-c3ccccc3)cc(C(C)(C)C)c2)CN1c1cc(Oc2ccc3c4cc(C(C)(C)C)ccc4n(-c4cc(C(C)(C)C)ccn4)c3c2)cc(C(C)(C)c2ccccc2)c1. The number of ether oxygens (including phenoxy) is 1. The van der Waals surface area contributed by atoms with Crippen molar-refractivity contribution < 1.29 is 4.74 Å². The van der Waals surface area contributed by atoms with Crippen molar-refractivity contribution in [1.82, 2.24) is 9.55 Å². The Morgan fingerprint density at radius 1 is 0.461 bits per heavy atom. The Labute approximate surface area is 453 Å². The fraction of sp³-hybridized carbons (Fsp3) is 0.310. The van der Waals surface area contributed by atoms with Crippen LogP contribution in [-0.2, 0) is 21.7 Å². The molecule has 0 unspecified atom stereocenters. The zero-order valence-corrected chi connectivity index (χ0v) is 47.8. The molecule has 10 rings (SSSR count). The van der Waals surface area contributed by atoms with E-state index in [0.717, 1.165) is 39.7 Å². The first-order valence-electron chi connectivity index (χ1n) is 27.5. The van der Waals surface area contributed by atoms with Crippen LogP contribution in [0.4, 0.5) is 11.4 Å². The number of hydrogen-bond acceptors (Lipinski definition) is 4. The van der Waals surface area contributed by atoms with Crippen molar-refractivity contribution in [3.05, 3.63) is 221 Å². The fourth-order valence-corrected chi connectivity index (χ4v) is 11.0. The summed E-state index contributed by atoms with van der Waals surface area (Å²) in [6.07, 6.45) is 4.37. The van der Waals surface area contributed by atoms with Gasteiger partial charge < -0.3 is 14.5 Å². The van der Waals surface area contributed by atoms with Crippen LogP contribution in [0.3, 0.4) is 0 Å². The van der Waals surface area contributed by atoms with E-state index >= 15 is 0 Å². The minimum Gasteiger partial charge on any atom is -0.457 e.